The van der Waals surface area contributed by atoms with Gasteiger partial charge in [0, 0.05) is 55.4 Å². The van der Waals surface area contributed by atoms with Crippen LogP contribution in [0.15, 0.2) is 39.8 Å². The summed E-state index contributed by atoms with van der Waals surface area (Å²) >= 11 is 1.80. The van der Waals surface area contributed by atoms with Crippen molar-refractivity contribution < 1.29 is 4.79 Å². The fraction of sp³-hybridized carbons (Fsp3) is 0.700. The third-order valence-corrected chi connectivity index (χ3v) is 9.20. The number of hydrogen-bond acceptors (Lipinski definition) is 5. The number of piperidine rings is 2. The van der Waals surface area contributed by atoms with Crippen LogP contribution in [0, 0.1) is 17.2 Å². The zero-order chi connectivity index (χ0) is 27.1. The van der Waals surface area contributed by atoms with E-state index in [0.29, 0.717) is 36.4 Å². The van der Waals surface area contributed by atoms with Crippen molar-refractivity contribution in [2.45, 2.75) is 97.2 Å². The average molecular weight is 528 g/mol. The largest absolute Gasteiger partial charge is 0.356 e. The molecule has 37 heavy (non-hydrogen) atoms. The second-order valence-corrected chi connectivity index (χ2v) is 12.1. The van der Waals surface area contributed by atoms with Gasteiger partial charge < -0.3 is 10.2 Å². The Morgan fingerprint density at radius 2 is 1.97 bits per heavy atom. The van der Waals surface area contributed by atoms with Gasteiger partial charge in [0.15, 0.2) is 0 Å². The number of allylic oxidation sites excluding steroid dienone is 3. The van der Waals surface area contributed by atoms with Crippen molar-refractivity contribution in [3.63, 3.8) is 0 Å². The molecule has 7 heteroatoms. The van der Waals surface area contributed by atoms with Crippen LogP contribution < -0.4 is 5.32 Å². The van der Waals surface area contributed by atoms with Crippen molar-refractivity contribution in [1.29, 1.82) is 5.41 Å². The van der Waals surface area contributed by atoms with E-state index in [-0.39, 0.29) is 11.8 Å². The predicted molar refractivity (Wildman–Crippen MR) is 159 cm³/mol. The summed E-state index contributed by atoms with van der Waals surface area (Å²) in [7, 11) is 1.86. The molecule has 0 aromatic carbocycles. The number of carbonyl (C=O) groups excluding carboxylic acids is 1. The number of fused-ring (bicyclic) bond motifs is 2. The van der Waals surface area contributed by atoms with Gasteiger partial charge in [-0.25, -0.2) is 0 Å². The molecule has 2 heterocycles. The quantitative estimate of drug-likeness (QED) is 0.269. The predicted octanol–water partition coefficient (Wildman–Crippen LogP) is 6.02. The molecular formula is C30H49N5OS. The van der Waals surface area contributed by atoms with E-state index in [4.69, 9.17) is 5.41 Å². The molecule has 1 amide bonds. The normalized spacial score (nSPS) is 25.3. The van der Waals surface area contributed by atoms with Gasteiger partial charge in [-0.05, 0) is 75.8 Å². The van der Waals surface area contributed by atoms with Crippen LogP contribution in [0.4, 0.5) is 0 Å². The van der Waals surface area contributed by atoms with Crippen LogP contribution in [0.3, 0.4) is 0 Å². The van der Waals surface area contributed by atoms with E-state index < -0.39 is 0 Å². The van der Waals surface area contributed by atoms with Crippen molar-refractivity contribution in [1.82, 2.24) is 15.1 Å². The molecule has 3 atom stereocenters. The van der Waals surface area contributed by atoms with Gasteiger partial charge in [-0.3, -0.25) is 20.1 Å². The zero-order valence-corrected chi connectivity index (χ0v) is 24.8. The van der Waals surface area contributed by atoms with Crippen molar-refractivity contribution in [3.05, 3.63) is 34.8 Å². The Kier molecular flexibility index (Phi) is 11.1. The summed E-state index contributed by atoms with van der Waals surface area (Å²) in [5.41, 5.74) is 2.58. The molecule has 0 saturated carbocycles. The van der Waals surface area contributed by atoms with Crippen molar-refractivity contribution in [3.8, 4) is 0 Å². The first-order valence-corrected chi connectivity index (χ1v) is 15.3. The highest BCUT2D eigenvalue weighted by Gasteiger charge is 2.41. The van der Waals surface area contributed by atoms with Gasteiger partial charge in [-0.15, -0.1) is 11.8 Å². The summed E-state index contributed by atoms with van der Waals surface area (Å²) in [4.78, 5) is 22.7. The lowest BCUT2D eigenvalue weighted by Gasteiger charge is -2.52. The van der Waals surface area contributed by atoms with E-state index in [2.05, 4.69) is 58.9 Å². The first kappa shape index (κ1) is 29.7. The number of amides is 1. The molecule has 2 saturated heterocycles. The average Bonchev–Trinajstić information content (AvgIpc) is 2.85. The number of amidine groups is 2. The Balaban J connectivity index is 1.75. The van der Waals surface area contributed by atoms with Crippen LogP contribution >= 0.6 is 11.8 Å². The van der Waals surface area contributed by atoms with Gasteiger partial charge in [-0.1, -0.05) is 39.0 Å². The third kappa shape index (κ3) is 7.38. The topological polar surface area (TPSA) is 71.8 Å². The monoisotopic (exact) mass is 527 g/mol. The van der Waals surface area contributed by atoms with Gasteiger partial charge >= 0.3 is 0 Å². The van der Waals surface area contributed by atoms with Crippen LogP contribution in [0.2, 0.25) is 0 Å². The molecule has 0 aromatic heterocycles. The summed E-state index contributed by atoms with van der Waals surface area (Å²) in [6, 6.07) is 1.43. The molecular weight excluding hydrogens is 478 g/mol. The maximum absolute atomic E-state index is 11.8. The summed E-state index contributed by atoms with van der Waals surface area (Å²) < 4.78 is 0. The highest BCUT2D eigenvalue weighted by atomic mass is 32.2. The maximum atomic E-state index is 11.8. The molecule has 0 radical (unpaired) electrons. The lowest BCUT2D eigenvalue weighted by atomic mass is 9.80. The van der Waals surface area contributed by atoms with Crippen LogP contribution in [0.1, 0.15) is 79.1 Å². The molecule has 6 nitrogen and oxygen atoms in total. The minimum Gasteiger partial charge on any atom is -0.356 e. The van der Waals surface area contributed by atoms with E-state index in [1.54, 1.807) is 18.7 Å². The Morgan fingerprint density at radius 3 is 2.51 bits per heavy atom. The number of nitrogens with zero attached hydrogens (tertiary/aromatic N) is 3. The lowest BCUT2D eigenvalue weighted by Crippen LogP contribution is -2.59. The molecule has 2 fully saturated rings. The lowest BCUT2D eigenvalue weighted by molar-refractivity contribution is -0.119. The van der Waals surface area contributed by atoms with Crippen molar-refractivity contribution >= 4 is 29.3 Å². The standard InChI is InChI=1S/C30H49N5OS/c1-20(2)30(32-6)35(22(4)31)27-17-25-11-10-12-26(18-27)34(25)16-15-24(19-33-23(5)36)21(3)28-13-8-9-14-29(28)37-7/h9,14,20,24-27,31H,3,8,10-13,15-19H2,1-2,4-7H3,(H,33,36)/t24-,25?,26?,27?/m1/s1. The second kappa shape index (κ2) is 13.8. The fourth-order valence-corrected chi connectivity index (χ4v) is 7.38. The Morgan fingerprint density at radius 1 is 1.30 bits per heavy atom. The van der Waals surface area contributed by atoms with Crippen molar-refractivity contribution in [2.75, 3.05) is 26.4 Å². The number of aliphatic imine (C=N–C) groups is 1. The minimum absolute atomic E-state index is 0.0266. The number of rotatable bonds is 10. The van der Waals surface area contributed by atoms with Gasteiger partial charge in [0.1, 0.15) is 5.84 Å². The van der Waals surface area contributed by atoms with Crippen LogP contribution in [-0.4, -0.2) is 71.9 Å². The molecule has 206 valence electrons. The van der Waals surface area contributed by atoms with Gasteiger partial charge in [0.25, 0.3) is 0 Å². The maximum Gasteiger partial charge on any atom is 0.216 e. The zero-order valence-electron chi connectivity index (χ0n) is 24.0. The van der Waals surface area contributed by atoms with E-state index in [1.165, 1.54) is 35.3 Å². The number of nitrogens with one attached hydrogen (secondary N) is 2. The van der Waals surface area contributed by atoms with Crippen molar-refractivity contribution in [2.24, 2.45) is 16.8 Å². The summed E-state index contributed by atoms with van der Waals surface area (Å²) in [5, 5.41) is 11.6. The molecule has 0 spiro atoms. The first-order valence-electron chi connectivity index (χ1n) is 14.1. The molecule has 2 aliphatic heterocycles. The van der Waals surface area contributed by atoms with Gasteiger partial charge in [-0.2, -0.15) is 0 Å². The minimum atomic E-state index is 0.0266. The molecule has 0 aromatic rings. The molecule has 2 N–H and O–H groups in total. The summed E-state index contributed by atoms with van der Waals surface area (Å²) in [5.74, 6) is 2.22. The van der Waals surface area contributed by atoms with Gasteiger partial charge in [0.05, 0.1) is 5.84 Å². The molecule has 3 aliphatic rings. The Hall–Kier alpha value is -1.86. The van der Waals surface area contributed by atoms with E-state index in [0.717, 1.165) is 44.5 Å². The summed E-state index contributed by atoms with van der Waals surface area (Å²) in [6.07, 6.45) is 15.6. The first-order chi connectivity index (χ1) is 17.7. The van der Waals surface area contributed by atoms with Gasteiger partial charge in [0.2, 0.25) is 5.91 Å². The van der Waals surface area contributed by atoms with E-state index >= 15 is 0 Å². The smallest absolute Gasteiger partial charge is 0.216 e. The fourth-order valence-electron chi connectivity index (χ4n) is 6.67. The van der Waals surface area contributed by atoms with E-state index in [9.17, 15) is 4.79 Å². The molecule has 1 aliphatic carbocycles. The molecule has 2 unspecified atom stereocenters. The second-order valence-electron chi connectivity index (χ2n) is 11.2. The Labute approximate surface area is 229 Å². The number of hydrogen-bond donors (Lipinski definition) is 2. The summed E-state index contributed by atoms with van der Waals surface area (Å²) in [6.45, 7) is 14.1. The number of thioether (sulfide) groups is 1. The van der Waals surface area contributed by atoms with Crippen LogP contribution in [0.25, 0.3) is 0 Å². The number of carbonyl (C=O) groups is 1. The highest BCUT2D eigenvalue weighted by Crippen LogP contribution is 2.39. The third-order valence-electron chi connectivity index (χ3n) is 8.38. The SMILES string of the molecule is C=C(C1=C(SC)C=CCC1)[C@H](CCN1C2CCCC1CC(N(C(C)=N)C(=NC)C(C)C)C2)CNC(C)=O. The highest BCUT2D eigenvalue weighted by molar-refractivity contribution is 8.02. The Bertz CT molecular complexity index is 922. The van der Waals surface area contributed by atoms with Crippen LogP contribution in [0.5, 0.6) is 0 Å². The molecule has 3 rings (SSSR count). The van der Waals surface area contributed by atoms with Crippen LogP contribution in [-0.2, 0) is 4.79 Å². The molecule has 2 bridgehead atoms. The van der Waals surface area contributed by atoms with E-state index in [1.807, 2.05) is 14.0 Å².